The van der Waals surface area contributed by atoms with Crippen LogP contribution < -0.4 is 32.6 Å². The third-order valence-corrected chi connectivity index (χ3v) is 5.58. The minimum atomic E-state index is -1.30. The van der Waals surface area contributed by atoms with Crippen molar-refractivity contribution in [1.82, 2.24) is 15.3 Å². The normalized spacial score (nSPS) is 16.6. The van der Waals surface area contributed by atoms with Crippen LogP contribution in [-0.4, -0.2) is 76.4 Å². The maximum Gasteiger partial charge on any atom is 0.326 e. The molecule has 9 N–H and O–H groups in total. The molecule has 1 fully saturated rings. The van der Waals surface area contributed by atoms with E-state index in [9.17, 15) is 19.2 Å². The van der Waals surface area contributed by atoms with Gasteiger partial charge in [0.15, 0.2) is 5.82 Å². The van der Waals surface area contributed by atoms with E-state index in [0.29, 0.717) is 30.3 Å². The Morgan fingerprint density at radius 1 is 1.16 bits per heavy atom. The van der Waals surface area contributed by atoms with Crippen molar-refractivity contribution in [1.29, 1.82) is 0 Å². The van der Waals surface area contributed by atoms with Crippen molar-refractivity contribution in [3.05, 3.63) is 40.2 Å². The van der Waals surface area contributed by atoms with Crippen molar-refractivity contribution < 1.29 is 29.3 Å². The summed E-state index contributed by atoms with van der Waals surface area (Å²) in [4.78, 5) is 52.6. The summed E-state index contributed by atoms with van der Waals surface area (Å²) < 4.78 is 4.94. The van der Waals surface area contributed by atoms with Crippen molar-refractivity contribution in [2.45, 2.75) is 37.8 Å². The SMILES string of the molecule is C1CCOC1.Nc1nc2c(c(=O)[nH]1)N[C@H](CNc1ccc(C(=O)N[C@@H](CCC(=O)O)C(=O)O)cc1)CN2. The molecule has 0 radical (unpaired) electrons. The molecule has 0 saturated carbocycles. The molecular weight excluding hydrogens is 486 g/mol. The van der Waals surface area contributed by atoms with Gasteiger partial charge in [-0.3, -0.25) is 19.4 Å². The summed E-state index contributed by atoms with van der Waals surface area (Å²) in [6.45, 7) is 2.96. The molecule has 200 valence electrons. The number of nitrogens with two attached hydrogens (primary N) is 1. The van der Waals surface area contributed by atoms with Gasteiger partial charge in [0.25, 0.3) is 11.5 Å². The number of amides is 1. The van der Waals surface area contributed by atoms with Gasteiger partial charge in [-0.05, 0) is 43.5 Å². The Bertz CT molecular complexity index is 1140. The lowest BCUT2D eigenvalue weighted by atomic mass is 10.1. The molecule has 0 spiro atoms. The quantitative estimate of drug-likeness (QED) is 0.228. The minimum Gasteiger partial charge on any atom is -0.481 e. The Morgan fingerprint density at radius 3 is 2.46 bits per heavy atom. The average Bonchev–Trinajstić information content (AvgIpc) is 3.46. The van der Waals surface area contributed by atoms with E-state index < -0.39 is 23.9 Å². The van der Waals surface area contributed by atoms with Crippen LogP contribution in [0.2, 0.25) is 0 Å². The lowest BCUT2D eigenvalue weighted by molar-refractivity contribution is -0.140. The van der Waals surface area contributed by atoms with Gasteiger partial charge in [0.2, 0.25) is 5.95 Å². The van der Waals surface area contributed by atoms with Crippen molar-refractivity contribution >= 4 is 41.0 Å². The first-order valence-corrected chi connectivity index (χ1v) is 11.8. The number of benzene rings is 1. The second kappa shape index (κ2) is 13.1. The van der Waals surface area contributed by atoms with Gasteiger partial charge in [-0.1, -0.05) is 0 Å². The first kappa shape index (κ1) is 27.3. The van der Waals surface area contributed by atoms with Crippen molar-refractivity contribution in [2.75, 3.05) is 48.0 Å². The number of nitrogens with one attached hydrogen (secondary N) is 5. The number of aromatic nitrogens is 2. The van der Waals surface area contributed by atoms with E-state index in [-0.39, 0.29) is 36.0 Å². The van der Waals surface area contributed by atoms with E-state index in [1.54, 1.807) is 12.1 Å². The molecule has 2 aliphatic rings. The predicted molar refractivity (Wildman–Crippen MR) is 136 cm³/mol. The molecule has 1 saturated heterocycles. The van der Waals surface area contributed by atoms with Gasteiger partial charge in [0, 0.05) is 44.0 Å². The molecule has 0 unspecified atom stereocenters. The highest BCUT2D eigenvalue weighted by molar-refractivity contribution is 5.96. The minimum absolute atomic E-state index is 0.0281. The summed E-state index contributed by atoms with van der Waals surface area (Å²) in [5.41, 5.74) is 6.40. The Hall–Kier alpha value is -4.33. The lowest BCUT2D eigenvalue weighted by Crippen LogP contribution is -2.41. The standard InChI is InChI=1S/C19H23N7O6.C4H8O/c20-19-25-15-14(17(30)26-19)23-11(8-22-15)7-21-10-3-1-9(2-4-10)16(29)24-12(18(31)32)5-6-13(27)28;1-2-4-5-3-1/h1-4,11-12,21,23H,5-8H2,(H,24,29)(H,27,28)(H,31,32)(H4,20,22,25,26,30);1-4H2/t11-,12+;/m1./s1. The van der Waals surface area contributed by atoms with Crippen LogP contribution in [0.5, 0.6) is 0 Å². The maximum absolute atomic E-state index is 12.3. The number of anilines is 4. The second-order valence-electron chi connectivity index (χ2n) is 8.47. The number of H-pyrrole nitrogens is 1. The Morgan fingerprint density at radius 2 is 1.86 bits per heavy atom. The number of hydrogen-bond donors (Lipinski definition) is 8. The fourth-order valence-electron chi connectivity index (χ4n) is 3.61. The van der Waals surface area contributed by atoms with Crippen molar-refractivity contribution in [3.8, 4) is 0 Å². The van der Waals surface area contributed by atoms with E-state index in [2.05, 4.69) is 31.2 Å². The fraction of sp³-hybridized carbons (Fsp3) is 0.435. The van der Waals surface area contributed by atoms with Gasteiger partial charge < -0.3 is 42.0 Å². The number of carboxylic acid groups (broad SMARTS) is 2. The summed E-state index contributed by atoms with van der Waals surface area (Å²) in [6.07, 6.45) is 1.97. The summed E-state index contributed by atoms with van der Waals surface area (Å²) in [5.74, 6) is -2.64. The van der Waals surface area contributed by atoms with Crippen LogP contribution in [0.3, 0.4) is 0 Å². The number of carbonyl (C=O) groups excluding carboxylic acids is 1. The summed E-state index contributed by atoms with van der Waals surface area (Å²) in [7, 11) is 0. The number of carbonyl (C=O) groups is 3. The second-order valence-corrected chi connectivity index (χ2v) is 8.47. The third-order valence-electron chi connectivity index (χ3n) is 5.58. The summed E-state index contributed by atoms with van der Waals surface area (Å²) >= 11 is 0. The van der Waals surface area contributed by atoms with Crippen LogP contribution in [0.1, 0.15) is 36.0 Å². The molecule has 2 atom stereocenters. The fourth-order valence-corrected chi connectivity index (χ4v) is 3.61. The van der Waals surface area contributed by atoms with Gasteiger partial charge in [-0.25, -0.2) is 4.79 Å². The van der Waals surface area contributed by atoms with Gasteiger partial charge in [0.1, 0.15) is 11.7 Å². The van der Waals surface area contributed by atoms with Gasteiger partial charge >= 0.3 is 11.9 Å². The van der Waals surface area contributed by atoms with Crippen molar-refractivity contribution in [2.24, 2.45) is 0 Å². The summed E-state index contributed by atoms with van der Waals surface area (Å²) in [5, 5.41) is 29.5. The molecule has 1 aromatic carbocycles. The molecule has 1 amide bonds. The molecule has 14 heteroatoms. The Kier molecular flexibility index (Phi) is 9.66. The predicted octanol–water partition coefficient (Wildman–Crippen LogP) is 0.515. The molecule has 1 aromatic heterocycles. The molecular formula is C23H31N7O7. The summed E-state index contributed by atoms with van der Waals surface area (Å²) in [6, 6.07) is 4.93. The van der Waals surface area contributed by atoms with E-state index in [0.717, 1.165) is 13.2 Å². The van der Waals surface area contributed by atoms with Gasteiger partial charge in [-0.2, -0.15) is 4.98 Å². The zero-order chi connectivity index (χ0) is 26.8. The van der Waals surface area contributed by atoms with Crippen LogP contribution >= 0.6 is 0 Å². The number of fused-ring (bicyclic) bond motifs is 1. The molecule has 4 rings (SSSR count). The highest BCUT2D eigenvalue weighted by Crippen LogP contribution is 2.20. The van der Waals surface area contributed by atoms with E-state index in [4.69, 9.17) is 20.7 Å². The number of nitrogens with zero attached hydrogens (tertiary/aromatic N) is 1. The number of aliphatic carboxylic acids is 2. The molecule has 37 heavy (non-hydrogen) atoms. The van der Waals surface area contributed by atoms with Crippen LogP contribution in [0.25, 0.3) is 0 Å². The largest absolute Gasteiger partial charge is 0.481 e. The van der Waals surface area contributed by atoms with Crippen molar-refractivity contribution in [3.63, 3.8) is 0 Å². The average molecular weight is 518 g/mol. The van der Waals surface area contributed by atoms with E-state index in [1.165, 1.54) is 25.0 Å². The molecule has 2 aromatic rings. The first-order chi connectivity index (χ1) is 17.7. The topological polar surface area (TPSA) is 221 Å². The molecule has 3 heterocycles. The highest BCUT2D eigenvalue weighted by atomic mass is 16.5. The maximum atomic E-state index is 12.3. The van der Waals surface area contributed by atoms with Gasteiger partial charge in [0.05, 0.1) is 6.04 Å². The number of rotatable bonds is 9. The monoisotopic (exact) mass is 517 g/mol. The Balaban J connectivity index is 0.000000678. The molecule has 0 bridgehead atoms. The van der Waals surface area contributed by atoms with Crippen LogP contribution in [-0.2, 0) is 14.3 Å². The van der Waals surface area contributed by atoms with Gasteiger partial charge in [-0.15, -0.1) is 0 Å². The smallest absolute Gasteiger partial charge is 0.326 e. The zero-order valence-corrected chi connectivity index (χ0v) is 20.1. The molecule has 14 nitrogen and oxygen atoms in total. The highest BCUT2D eigenvalue weighted by Gasteiger charge is 2.23. The zero-order valence-electron chi connectivity index (χ0n) is 20.1. The third kappa shape index (κ3) is 8.38. The molecule has 0 aliphatic carbocycles. The van der Waals surface area contributed by atoms with E-state index in [1.807, 2.05) is 0 Å². The van der Waals surface area contributed by atoms with Crippen LogP contribution in [0.4, 0.5) is 23.1 Å². The number of ether oxygens (including phenoxy) is 1. The van der Waals surface area contributed by atoms with E-state index >= 15 is 0 Å². The lowest BCUT2D eigenvalue weighted by Gasteiger charge is -2.27. The number of nitrogen functional groups attached to an aromatic ring is 1. The van der Waals surface area contributed by atoms with Crippen LogP contribution in [0, 0.1) is 0 Å². The molecule has 2 aliphatic heterocycles. The van der Waals surface area contributed by atoms with Crippen LogP contribution in [0.15, 0.2) is 29.1 Å². The first-order valence-electron chi connectivity index (χ1n) is 11.8. The number of aromatic amines is 1. The Labute approximate surface area is 212 Å². The number of carboxylic acids is 2. The number of hydrogen-bond acceptors (Lipinski definition) is 10.